The first-order valence-corrected chi connectivity index (χ1v) is 11.8. The first-order valence-electron chi connectivity index (χ1n) is 11.4. The van der Waals surface area contributed by atoms with Gasteiger partial charge in [-0.2, -0.15) is 0 Å². The summed E-state index contributed by atoms with van der Waals surface area (Å²) in [6.07, 6.45) is 0. The molecule has 1 heterocycles. The second-order valence-corrected chi connectivity index (χ2v) is 8.78. The molecule has 5 rings (SSSR count). The number of benzene rings is 4. The lowest BCUT2D eigenvalue weighted by Gasteiger charge is -2.36. The first kappa shape index (κ1) is 21.6. The molecule has 0 aromatic heterocycles. The summed E-state index contributed by atoms with van der Waals surface area (Å²) in [5, 5.41) is 0.769. The minimum atomic E-state index is 0.769. The van der Waals surface area contributed by atoms with Gasteiger partial charge in [0.25, 0.3) is 0 Å². The van der Waals surface area contributed by atoms with E-state index < -0.39 is 0 Å². The van der Waals surface area contributed by atoms with Crippen molar-refractivity contribution in [1.29, 1.82) is 0 Å². The molecule has 3 nitrogen and oxygen atoms in total. The third kappa shape index (κ3) is 5.39. The standard InChI is InChI=1S/C29H27ClN2O/c30-25-15-13-23(14-16-25)29-12-5-4-7-24(29)22-31-17-19-32(20-18-31)26-8-6-11-28(21-26)33-27-9-2-1-3-10-27/h1-16,21H,17-20,22H2. The molecule has 0 saturated carbocycles. The molecule has 166 valence electrons. The Hall–Kier alpha value is -3.27. The Bertz CT molecular complexity index is 1190. The van der Waals surface area contributed by atoms with Crippen LogP contribution in [0.1, 0.15) is 5.56 Å². The van der Waals surface area contributed by atoms with E-state index in [1.165, 1.54) is 22.4 Å². The molecule has 0 spiro atoms. The number of piperazine rings is 1. The smallest absolute Gasteiger partial charge is 0.129 e. The van der Waals surface area contributed by atoms with Crippen LogP contribution < -0.4 is 9.64 Å². The number of halogens is 1. The fraction of sp³-hybridized carbons (Fsp3) is 0.172. The Kier molecular flexibility index (Phi) is 6.61. The zero-order chi connectivity index (χ0) is 22.5. The highest BCUT2D eigenvalue weighted by atomic mass is 35.5. The number of hydrogen-bond donors (Lipinski definition) is 0. The van der Waals surface area contributed by atoms with Gasteiger partial charge in [0.2, 0.25) is 0 Å². The largest absolute Gasteiger partial charge is 0.457 e. The van der Waals surface area contributed by atoms with Crippen LogP contribution in [0.4, 0.5) is 5.69 Å². The number of nitrogens with zero attached hydrogens (tertiary/aromatic N) is 2. The van der Waals surface area contributed by atoms with Crippen LogP contribution in [0.15, 0.2) is 103 Å². The highest BCUT2D eigenvalue weighted by Crippen LogP contribution is 2.28. The number of ether oxygens (including phenoxy) is 1. The lowest BCUT2D eigenvalue weighted by atomic mass is 9.99. The molecular weight excluding hydrogens is 428 g/mol. The second kappa shape index (κ2) is 10.1. The number of rotatable bonds is 6. The summed E-state index contributed by atoms with van der Waals surface area (Å²) in [6, 6.07) is 35.1. The molecule has 0 atom stereocenters. The lowest BCUT2D eigenvalue weighted by molar-refractivity contribution is 0.250. The van der Waals surface area contributed by atoms with E-state index >= 15 is 0 Å². The van der Waals surface area contributed by atoms with Crippen LogP contribution in [0.3, 0.4) is 0 Å². The van der Waals surface area contributed by atoms with Gasteiger partial charge >= 0.3 is 0 Å². The minimum absolute atomic E-state index is 0.769. The SMILES string of the molecule is Clc1ccc(-c2ccccc2CN2CCN(c3cccc(Oc4ccccc4)c3)CC2)cc1. The Balaban J connectivity index is 1.23. The van der Waals surface area contributed by atoms with Crippen LogP contribution in [0.5, 0.6) is 11.5 Å². The maximum absolute atomic E-state index is 6.09. The molecule has 4 aromatic carbocycles. The Labute approximate surface area is 200 Å². The quantitative estimate of drug-likeness (QED) is 0.308. The number of anilines is 1. The van der Waals surface area contributed by atoms with E-state index in [4.69, 9.17) is 16.3 Å². The van der Waals surface area contributed by atoms with E-state index in [0.29, 0.717) is 0 Å². The van der Waals surface area contributed by atoms with Crippen molar-refractivity contribution in [3.63, 3.8) is 0 Å². The Morgan fingerprint density at radius 3 is 2.15 bits per heavy atom. The Morgan fingerprint density at radius 1 is 0.667 bits per heavy atom. The van der Waals surface area contributed by atoms with Crippen molar-refractivity contribution >= 4 is 17.3 Å². The monoisotopic (exact) mass is 454 g/mol. The second-order valence-electron chi connectivity index (χ2n) is 8.34. The topological polar surface area (TPSA) is 15.7 Å². The van der Waals surface area contributed by atoms with Crippen molar-refractivity contribution in [3.05, 3.63) is 114 Å². The average Bonchev–Trinajstić information content (AvgIpc) is 2.86. The molecule has 0 N–H and O–H groups in total. The van der Waals surface area contributed by atoms with Gasteiger partial charge in [0.05, 0.1) is 0 Å². The molecule has 4 heteroatoms. The van der Waals surface area contributed by atoms with Crippen molar-refractivity contribution in [1.82, 2.24) is 4.90 Å². The summed E-state index contributed by atoms with van der Waals surface area (Å²) in [5.74, 6) is 1.73. The zero-order valence-corrected chi connectivity index (χ0v) is 19.3. The van der Waals surface area contributed by atoms with Gasteiger partial charge in [0.1, 0.15) is 11.5 Å². The molecule has 0 unspecified atom stereocenters. The van der Waals surface area contributed by atoms with E-state index in [1.807, 2.05) is 48.5 Å². The molecule has 0 radical (unpaired) electrons. The highest BCUT2D eigenvalue weighted by molar-refractivity contribution is 6.30. The normalized spacial score (nSPS) is 14.3. The van der Waals surface area contributed by atoms with Gasteiger partial charge in [-0.05, 0) is 53.1 Å². The Morgan fingerprint density at radius 2 is 1.36 bits per heavy atom. The van der Waals surface area contributed by atoms with Crippen molar-refractivity contribution in [2.45, 2.75) is 6.54 Å². The van der Waals surface area contributed by atoms with Crippen LogP contribution in [-0.2, 0) is 6.54 Å². The molecular formula is C29H27ClN2O. The highest BCUT2D eigenvalue weighted by Gasteiger charge is 2.19. The van der Waals surface area contributed by atoms with Gasteiger partial charge < -0.3 is 9.64 Å². The van der Waals surface area contributed by atoms with Crippen LogP contribution in [0, 0.1) is 0 Å². The van der Waals surface area contributed by atoms with E-state index in [-0.39, 0.29) is 0 Å². The van der Waals surface area contributed by atoms with Gasteiger partial charge in [-0.3, -0.25) is 4.90 Å². The summed E-state index contributed by atoms with van der Waals surface area (Å²) in [6.45, 7) is 5.00. The predicted molar refractivity (Wildman–Crippen MR) is 137 cm³/mol. The minimum Gasteiger partial charge on any atom is -0.457 e. The van der Waals surface area contributed by atoms with Crippen LogP contribution in [0.2, 0.25) is 5.02 Å². The number of hydrogen-bond acceptors (Lipinski definition) is 3. The summed E-state index contributed by atoms with van der Waals surface area (Å²) in [5.41, 5.74) is 5.06. The van der Waals surface area contributed by atoms with Crippen LogP contribution in [0.25, 0.3) is 11.1 Å². The van der Waals surface area contributed by atoms with Gasteiger partial charge in [0, 0.05) is 49.5 Å². The fourth-order valence-corrected chi connectivity index (χ4v) is 4.47. The van der Waals surface area contributed by atoms with Gasteiger partial charge in [-0.1, -0.05) is 72.3 Å². The van der Waals surface area contributed by atoms with Crippen molar-refractivity contribution < 1.29 is 4.74 Å². The summed E-state index contributed by atoms with van der Waals surface area (Å²) in [4.78, 5) is 4.98. The average molecular weight is 455 g/mol. The molecule has 0 amide bonds. The predicted octanol–water partition coefficient (Wildman–Crippen LogP) is 7.12. The lowest BCUT2D eigenvalue weighted by Crippen LogP contribution is -2.46. The zero-order valence-electron chi connectivity index (χ0n) is 18.5. The van der Waals surface area contributed by atoms with Gasteiger partial charge in [0.15, 0.2) is 0 Å². The molecule has 1 fully saturated rings. The summed E-state index contributed by atoms with van der Waals surface area (Å²) in [7, 11) is 0. The van der Waals surface area contributed by atoms with Crippen LogP contribution in [-0.4, -0.2) is 31.1 Å². The van der Waals surface area contributed by atoms with E-state index in [9.17, 15) is 0 Å². The number of para-hydroxylation sites is 1. The fourth-order valence-electron chi connectivity index (χ4n) is 4.34. The summed E-state index contributed by atoms with van der Waals surface area (Å²) < 4.78 is 6.03. The molecule has 4 aromatic rings. The summed E-state index contributed by atoms with van der Waals surface area (Å²) >= 11 is 6.09. The first-order chi connectivity index (χ1) is 16.2. The molecule has 1 saturated heterocycles. The van der Waals surface area contributed by atoms with E-state index in [1.54, 1.807) is 0 Å². The maximum atomic E-state index is 6.09. The molecule has 1 aliphatic heterocycles. The van der Waals surface area contributed by atoms with Crippen LogP contribution >= 0.6 is 11.6 Å². The van der Waals surface area contributed by atoms with Crippen molar-refractivity contribution in [2.75, 3.05) is 31.1 Å². The van der Waals surface area contributed by atoms with Crippen molar-refractivity contribution in [3.8, 4) is 22.6 Å². The molecule has 33 heavy (non-hydrogen) atoms. The van der Waals surface area contributed by atoms with Crippen molar-refractivity contribution in [2.24, 2.45) is 0 Å². The molecule has 1 aliphatic rings. The van der Waals surface area contributed by atoms with E-state index in [2.05, 4.69) is 64.4 Å². The molecule has 0 bridgehead atoms. The van der Waals surface area contributed by atoms with Gasteiger partial charge in [-0.25, -0.2) is 0 Å². The third-order valence-electron chi connectivity index (χ3n) is 6.10. The third-order valence-corrected chi connectivity index (χ3v) is 6.35. The molecule has 0 aliphatic carbocycles. The van der Waals surface area contributed by atoms with E-state index in [0.717, 1.165) is 49.2 Å². The van der Waals surface area contributed by atoms with Gasteiger partial charge in [-0.15, -0.1) is 0 Å². The maximum Gasteiger partial charge on any atom is 0.129 e.